The van der Waals surface area contributed by atoms with Crippen molar-refractivity contribution in [3.8, 4) is 33.4 Å². The van der Waals surface area contributed by atoms with E-state index >= 15 is 0 Å². The van der Waals surface area contributed by atoms with Gasteiger partial charge in [-0.25, -0.2) is 0 Å². The Balaban J connectivity index is 0.957. The fourth-order valence-electron chi connectivity index (χ4n) is 16.2. The smallest absolute Gasteiger partial charge is 0.0434 e. The zero-order valence-corrected chi connectivity index (χ0v) is 44.0. The first-order valence-electron chi connectivity index (χ1n) is 27.8. The number of hydrogen-bond donors (Lipinski definition) is 0. The number of fused-ring (bicyclic) bond motifs is 18. The zero-order valence-electron chi connectivity index (χ0n) is 43.2. The Kier molecular flexibility index (Phi) is 7.50. The van der Waals surface area contributed by atoms with E-state index in [4.69, 9.17) is 0 Å². The van der Waals surface area contributed by atoms with Crippen LogP contribution in [0, 0.1) is 13.8 Å². The fraction of sp³-hybridized carbons (Fsp3) is 0.0256. The van der Waals surface area contributed by atoms with Gasteiger partial charge < -0.3 is 0 Å². The van der Waals surface area contributed by atoms with E-state index in [1.54, 1.807) is 0 Å². The molecule has 0 radical (unpaired) electrons. The summed E-state index contributed by atoms with van der Waals surface area (Å²) in [7, 11) is 0. The predicted molar refractivity (Wildman–Crippen MR) is 346 cm³/mol. The van der Waals surface area contributed by atoms with Crippen molar-refractivity contribution < 1.29 is 0 Å². The van der Waals surface area contributed by atoms with Gasteiger partial charge in [-0.3, -0.25) is 0 Å². The quantitative estimate of drug-likeness (QED) is 0.122. The van der Waals surface area contributed by atoms with Crippen LogP contribution in [0.1, 0.15) is 11.1 Å². The molecule has 0 saturated heterocycles. The maximum Gasteiger partial charge on any atom is 0.0434 e. The van der Waals surface area contributed by atoms with E-state index < -0.39 is 0 Å². The molecule has 0 bridgehead atoms. The average Bonchev–Trinajstić information content (AvgIpc) is 3.92. The molecular formula is C78H42S. The van der Waals surface area contributed by atoms with Crippen LogP contribution in [0.4, 0.5) is 0 Å². The van der Waals surface area contributed by atoms with Crippen molar-refractivity contribution >= 4 is 182 Å². The molecule has 20 rings (SSSR count). The van der Waals surface area contributed by atoms with Crippen LogP contribution in [0.15, 0.2) is 218 Å². The summed E-state index contributed by atoms with van der Waals surface area (Å²) in [5.41, 5.74) is 10.4. The molecule has 0 amide bonds. The number of rotatable bonds is 3. The average molecular weight is 1010 g/mol. The van der Waals surface area contributed by atoms with Gasteiger partial charge in [0.2, 0.25) is 0 Å². The number of benzene rings is 15. The van der Waals surface area contributed by atoms with Crippen LogP contribution in [0.25, 0.3) is 204 Å². The van der Waals surface area contributed by atoms with Crippen LogP contribution < -0.4 is 0 Å². The van der Waals surface area contributed by atoms with Crippen molar-refractivity contribution in [1.82, 2.24) is 0 Å². The Hall–Kier alpha value is -9.66. The Labute approximate surface area is 456 Å². The van der Waals surface area contributed by atoms with Gasteiger partial charge in [0.1, 0.15) is 0 Å². The molecule has 0 spiro atoms. The van der Waals surface area contributed by atoms with Crippen molar-refractivity contribution in [2.75, 3.05) is 0 Å². The molecule has 360 valence electrons. The molecular weight excluding hydrogens is 969 g/mol. The van der Waals surface area contributed by atoms with Gasteiger partial charge in [0.05, 0.1) is 0 Å². The van der Waals surface area contributed by atoms with Gasteiger partial charge in [-0.15, -0.1) is 11.3 Å². The second-order valence-corrected chi connectivity index (χ2v) is 23.9. The van der Waals surface area contributed by atoms with E-state index in [0.29, 0.717) is 0 Å². The summed E-state index contributed by atoms with van der Waals surface area (Å²) in [4.78, 5) is 0. The molecule has 0 nitrogen and oxygen atoms in total. The Morgan fingerprint density at radius 3 is 1.28 bits per heavy atom. The summed E-state index contributed by atoms with van der Waals surface area (Å²) in [5, 5.41) is 40.5. The third-order valence-electron chi connectivity index (χ3n) is 19.3. The van der Waals surface area contributed by atoms with Gasteiger partial charge in [-0.05, 0) is 216 Å². The molecule has 20 aromatic rings. The maximum absolute atomic E-state index is 2.51. The first-order chi connectivity index (χ1) is 39.1. The second-order valence-electron chi connectivity index (χ2n) is 22.8. The van der Waals surface area contributed by atoms with Crippen LogP contribution >= 0.6 is 11.3 Å². The van der Waals surface area contributed by atoms with Crippen LogP contribution in [0.3, 0.4) is 0 Å². The largest absolute Gasteiger partial charge is 0.135 e. The van der Waals surface area contributed by atoms with Crippen LogP contribution in [-0.2, 0) is 0 Å². The molecule has 0 aliphatic heterocycles. The van der Waals surface area contributed by atoms with E-state index in [1.807, 2.05) is 11.3 Å². The number of aryl methyl sites for hydroxylation is 2. The summed E-state index contributed by atoms with van der Waals surface area (Å²) in [6, 6.07) is 84.4. The topological polar surface area (TPSA) is 0 Å². The lowest BCUT2D eigenvalue weighted by Crippen LogP contribution is -1.91. The van der Waals surface area contributed by atoms with Crippen molar-refractivity contribution in [3.63, 3.8) is 0 Å². The Morgan fingerprint density at radius 1 is 0.215 bits per heavy atom. The lowest BCUT2D eigenvalue weighted by atomic mass is 9.85. The first kappa shape index (κ1) is 41.5. The third kappa shape index (κ3) is 4.84. The normalized spacial score (nSPS) is 12.9. The molecule has 0 saturated carbocycles. The Morgan fingerprint density at radius 2 is 0.608 bits per heavy atom. The minimum atomic E-state index is 1.28. The fourth-order valence-corrected chi connectivity index (χ4v) is 17.4. The summed E-state index contributed by atoms with van der Waals surface area (Å²) >= 11 is 1.92. The summed E-state index contributed by atoms with van der Waals surface area (Å²) in [6.07, 6.45) is 0. The SMILES string of the molecule is Cc1ccccc1-c1c2c3cccc4c(-c5cccc6c5sc5ccccc56)ccc(c2c(-c2ccccc2C)c2c5ccc6c7ccc8c9c(ccc(c%10ccc(c12)c5c%106)c79)c1cc2cccc5c6ccccc6c(c25)c18)c43. The molecule has 1 aromatic heterocycles. The number of thiophene rings is 1. The minimum absolute atomic E-state index is 1.28. The van der Waals surface area contributed by atoms with E-state index in [9.17, 15) is 0 Å². The Bertz CT molecular complexity index is 5950. The van der Waals surface area contributed by atoms with E-state index in [1.165, 1.54) is 215 Å². The highest BCUT2D eigenvalue weighted by atomic mass is 32.1. The minimum Gasteiger partial charge on any atom is -0.135 e. The summed E-state index contributed by atoms with van der Waals surface area (Å²) in [5.74, 6) is 0. The van der Waals surface area contributed by atoms with Gasteiger partial charge in [-0.1, -0.05) is 206 Å². The molecule has 0 aliphatic carbocycles. The molecule has 19 aromatic carbocycles. The van der Waals surface area contributed by atoms with E-state index in [0.717, 1.165) is 0 Å². The molecule has 0 N–H and O–H groups in total. The van der Waals surface area contributed by atoms with Gasteiger partial charge in [0, 0.05) is 25.7 Å². The molecule has 1 heteroatoms. The monoisotopic (exact) mass is 1010 g/mol. The number of hydrogen-bond acceptors (Lipinski definition) is 1. The lowest BCUT2D eigenvalue weighted by molar-refractivity contribution is 1.47. The highest BCUT2D eigenvalue weighted by molar-refractivity contribution is 7.26. The summed E-state index contributed by atoms with van der Waals surface area (Å²) in [6.45, 7) is 4.62. The van der Waals surface area contributed by atoms with Crippen LogP contribution in [0.2, 0.25) is 0 Å². The van der Waals surface area contributed by atoms with Crippen molar-refractivity contribution in [3.05, 3.63) is 230 Å². The standard InChI is InChI=1S/C78H42S/c1-39-14-3-5-17-42(39)71-74-57-26-12-23-48-45(55-24-13-25-56-46-20-9-10-27-63(46)79-78(55)56)28-34-58(65(48)57)75(74)72(43-18-6-4-15-40(43)2)77-61-37-33-53-51-31-35-59-68-54(30-29-50(66(51)68)52-32-36-60(76(71)77)69(61)67(52)53)62-38-41-16-11-22-47-44-19-7-8-21-49(44)73(64(41)47)70(59)62/h3-38H,1-2H3. The van der Waals surface area contributed by atoms with Crippen molar-refractivity contribution in [2.24, 2.45) is 0 Å². The maximum atomic E-state index is 2.51. The molecule has 0 aliphatic rings. The second kappa shape index (κ2) is 14.3. The molecule has 0 atom stereocenters. The van der Waals surface area contributed by atoms with Crippen LogP contribution in [0.5, 0.6) is 0 Å². The first-order valence-corrected chi connectivity index (χ1v) is 28.6. The third-order valence-corrected chi connectivity index (χ3v) is 20.5. The highest BCUT2D eigenvalue weighted by Gasteiger charge is 2.31. The van der Waals surface area contributed by atoms with Crippen molar-refractivity contribution in [2.45, 2.75) is 13.8 Å². The van der Waals surface area contributed by atoms with E-state index in [2.05, 4.69) is 232 Å². The molecule has 0 unspecified atom stereocenters. The molecule has 79 heavy (non-hydrogen) atoms. The lowest BCUT2D eigenvalue weighted by Gasteiger charge is -2.17. The zero-order chi connectivity index (χ0) is 51.3. The van der Waals surface area contributed by atoms with Gasteiger partial charge in [-0.2, -0.15) is 0 Å². The highest BCUT2D eigenvalue weighted by Crippen LogP contribution is 2.59. The van der Waals surface area contributed by atoms with Crippen LogP contribution in [-0.4, -0.2) is 0 Å². The van der Waals surface area contributed by atoms with Gasteiger partial charge in [0.25, 0.3) is 0 Å². The molecule has 0 fully saturated rings. The predicted octanol–water partition coefficient (Wildman–Crippen LogP) is 23.0. The van der Waals surface area contributed by atoms with Gasteiger partial charge in [0.15, 0.2) is 0 Å². The van der Waals surface area contributed by atoms with E-state index in [-0.39, 0.29) is 0 Å². The molecule has 1 heterocycles. The van der Waals surface area contributed by atoms with Crippen molar-refractivity contribution in [1.29, 1.82) is 0 Å². The van der Waals surface area contributed by atoms with Gasteiger partial charge >= 0.3 is 0 Å². The summed E-state index contributed by atoms with van der Waals surface area (Å²) < 4.78 is 2.68.